The molecule has 0 amide bonds. The fraction of sp³-hybridized carbons (Fsp3) is 0.143. The molecule has 46 heavy (non-hydrogen) atoms. The number of benzene rings is 3. The number of furan rings is 1. The third kappa shape index (κ3) is 5.10. The van der Waals surface area contributed by atoms with Crippen molar-refractivity contribution in [1.82, 2.24) is 4.57 Å². The first-order valence-electron chi connectivity index (χ1n) is 14.4. The van der Waals surface area contributed by atoms with Crippen molar-refractivity contribution in [2.24, 2.45) is 4.99 Å². The number of hydrogen-bond acceptors (Lipinski definition) is 10. The molecular formula is C35H26N2O8S. The highest BCUT2D eigenvalue weighted by atomic mass is 32.1. The summed E-state index contributed by atoms with van der Waals surface area (Å²) in [6.45, 7) is 1.95. The van der Waals surface area contributed by atoms with Gasteiger partial charge in [0.05, 0.1) is 41.1 Å². The first-order valence-corrected chi connectivity index (χ1v) is 15.2. The maximum Gasteiger partial charge on any atom is 0.338 e. The van der Waals surface area contributed by atoms with Gasteiger partial charge in [-0.3, -0.25) is 9.36 Å². The van der Waals surface area contributed by atoms with Crippen LogP contribution in [0.1, 0.15) is 40.2 Å². The molecule has 4 heterocycles. The number of hydrogen-bond donors (Lipinski definition) is 0. The molecule has 0 radical (unpaired) electrons. The Morgan fingerprint density at radius 2 is 1.76 bits per heavy atom. The molecule has 0 aliphatic carbocycles. The minimum Gasteiger partial charge on any atom is -0.465 e. The van der Waals surface area contributed by atoms with E-state index >= 15 is 0 Å². The zero-order valence-corrected chi connectivity index (χ0v) is 25.5. The highest BCUT2D eigenvalue weighted by Gasteiger charge is 2.36. The number of aromatic nitrogens is 1. The van der Waals surface area contributed by atoms with Gasteiger partial charge in [0.15, 0.2) is 16.3 Å². The number of fused-ring (bicyclic) bond motifs is 2. The van der Waals surface area contributed by atoms with E-state index in [2.05, 4.69) is 0 Å². The Kier molecular flexibility index (Phi) is 7.59. The molecule has 10 nitrogen and oxygen atoms in total. The fourth-order valence-electron chi connectivity index (χ4n) is 5.53. The second-order valence-corrected chi connectivity index (χ2v) is 11.3. The summed E-state index contributed by atoms with van der Waals surface area (Å²) in [6, 6.07) is 24.2. The van der Waals surface area contributed by atoms with E-state index in [4.69, 9.17) is 28.4 Å². The molecule has 1 atom stereocenters. The Hall–Kier alpha value is -5.68. The van der Waals surface area contributed by atoms with E-state index in [0.29, 0.717) is 60.3 Å². The average molecular weight is 635 g/mol. The van der Waals surface area contributed by atoms with E-state index in [1.165, 1.54) is 23.0 Å². The Balaban J connectivity index is 1.41. The number of rotatable bonds is 7. The molecule has 0 N–H and O–H groups in total. The van der Waals surface area contributed by atoms with Crippen LogP contribution in [0.3, 0.4) is 0 Å². The van der Waals surface area contributed by atoms with Gasteiger partial charge in [-0.2, -0.15) is 0 Å². The Morgan fingerprint density at radius 1 is 0.978 bits per heavy atom. The van der Waals surface area contributed by atoms with Crippen molar-refractivity contribution < 1.29 is 33.0 Å². The highest BCUT2D eigenvalue weighted by Crippen LogP contribution is 2.40. The number of nitrogens with zero attached hydrogens (tertiary/aromatic N) is 2. The number of ether oxygens (including phenoxy) is 4. The molecule has 5 aromatic rings. The summed E-state index contributed by atoms with van der Waals surface area (Å²) >= 11 is 1.17. The van der Waals surface area contributed by atoms with Gasteiger partial charge in [0.1, 0.15) is 11.5 Å². The summed E-state index contributed by atoms with van der Waals surface area (Å²) < 4.78 is 29.5. The molecule has 2 aromatic heterocycles. The van der Waals surface area contributed by atoms with Gasteiger partial charge in [-0.25, -0.2) is 14.6 Å². The van der Waals surface area contributed by atoms with Gasteiger partial charge in [-0.1, -0.05) is 65.9 Å². The molecule has 0 bridgehead atoms. The topological polar surface area (TPSA) is 119 Å². The van der Waals surface area contributed by atoms with Gasteiger partial charge in [0, 0.05) is 17.2 Å². The van der Waals surface area contributed by atoms with Crippen molar-refractivity contribution in [2.75, 3.05) is 20.5 Å². The summed E-state index contributed by atoms with van der Waals surface area (Å²) in [5.74, 6) is 0.848. The second-order valence-electron chi connectivity index (χ2n) is 10.3. The van der Waals surface area contributed by atoms with E-state index < -0.39 is 18.0 Å². The van der Waals surface area contributed by atoms with Gasteiger partial charge in [-0.05, 0) is 42.8 Å². The molecule has 0 unspecified atom stereocenters. The summed E-state index contributed by atoms with van der Waals surface area (Å²) in [4.78, 5) is 45.5. The number of esters is 2. The van der Waals surface area contributed by atoms with Crippen LogP contribution < -0.4 is 24.4 Å². The highest BCUT2D eigenvalue weighted by molar-refractivity contribution is 7.07. The van der Waals surface area contributed by atoms with Crippen LogP contribution in [0.5, 0.6) is 11.5 Å². The van der Waals surface area contributed by atoms with Gasteiger partial charge < -0.3 is 23.4 Å². The van der Waals surface area contributed by atoms with Crippen LogP contribution in [0.15, 0.2) is 105 Å². The van der Waals surface area contributed by atoms with Gasteiger partial charge >= 0.3 is 11.9 Å². The van der Waals surface area contributed by atoms with Crippen LogP contribution in [-0.2, 0) is 14.3 Å². The third-order valence-corrected chi connectivity index (χ3v) is 8.57. The zero-order valence-electron chi connectivity index (χ0n) is 24.7. The van der Waals surface area contributed by atoms with Crippen LogP contribution >= 0.6 is 11.3 Å². The summed E-state index contributed by atoms with van der Waals surface area (Å²) in [5, 5.41) is 0. The quantitative estimate of drug-likeness (QED) is 0.236. The SMILES string of the molecule is CCOC(=O)C1=C(c2ccccc2)N=c2s/c(=C/c3ccc(-c4ccccc4C(=O)OC)o3)c(=O)n2[C@H]1c1ccc2c(c1)OCO2. The van der Waals surface area contributed by atoms with Crippen LogP contribution in [0.4, 0.5) is 0 Å². The largest absolute Gasteiger partial charge is 0.465 e. The molecule has 11 heteroatoms. The molecule has 2 aliphatic rings. The Labute approximate surface area is 266 Å². The van der Waals surface area contributed by atoms with E-state index in [0.717, 1.165) is 0 Å². The lowest BCUT2D eigenvalue weighted by atomic mass is 9.93. The molecule has 2 aliphatic heterocycles. The summed E-state index contributed by atoms with van der Waals surface area (Å²) in [6.07, 6.45) is 1.63. The first kappa shape index (κ1) is 29.1. The van der Waals surface area contributed by atoms with E-state index in [-0.39, 0.29) is 24.5 Å². The molecule has 230 valence electrons. The average Bonchev–Trinajstić information content (AvgIpc) is 3.83. The van der Waals surface area contributed by atoms with E-state index in [1.807, 2.05) is 30.3 Å². The van der Waals surface area contributed by atoms with Crippen molar-refractivity contribution in [2.45, 2.75) is 13.0 Å². The van der Waals surface area contributed by atoms with Crippen molar-refractivity contribution in [3.05, 3.63) is 133 Å². The zero-order chi connectivity index (χ0) is 31.8. The molecule has 0 spiro atoms. The Bertz CT molecular complexity index is 2210. The summed E-state index contributed by atoms with van der Waals surface area (Å²) in [7, 11) is 1.32. The monoisotopic (exact) mass is 634 g/mol. The lowest BCUT2D eigenvalue weighted by Crippen LogP contribution is -2.40. The predicted octanol–water partition coefficient (Wildman–Crippen LogP) is 4.71. The lowest BCUT2D eigenvalue weighted by molar-refractivity contribution is -0.138. The number of thiazole rings is 1. The predicted molar refractivity (Wildman–Crippen MR) is 169 cm³/mol. The van der Waals surface area contributed by atoms with Crippen LogP contribution in [0, 0.1) is 0 Å². The number of methoxy groups -OCH3 is 1. The van der Waals surface area contributed by atoms with Crippen molar-refractivity contribution in [3.63, 3.8) is 0 Å². The summed E-state index contributed by atoms with van der Waals surface area (Å²) in [5.41, 5.74) is 2.52. The van der Waals surface area contributed by atoms with Crippen molar-refractivity contribution in [1.29, 1.82) is 0 Å². The van der Waals surface area contributed by atoms with Gasteiger partial charge in [0.2, 0.25) is 6.79 Å². The third-order valence-electron chi connectivity index (χ3n) is 7.58. The standard InChI is InChI=1S/C35H26N2O8S/c1-3-42-34(40)29-30(20-9-5-4-6-10-20)36-35-37(31(29)21-13-15-26-27(17-21)44-19-43-26)32(38)28(46-35)18-22-14-16-25(45-22)23-11-7-8-12-24(23)33(39)41-2/h4-18,31H,3,19H2,1-2H3/b28-18+/t31-/m0/s1. The van der Waals surface area contributed by atoms with Crippen LogP contribution in [0.2, 0.25) is 0 Å². The number of carbonyl (C=O) groups is 2. The van der Waals surface area contributed by atoms with Crippen molar-refractivity contribution >= 4 is 35.0 Å². The normalized spacial score (nSPS) is 15.3. The smallest absolute Gasteiger partial charge is 0.338 e. The molecule has 0 saturated carbocycles. The minimum absolute atomic E-state index is 0.0760. The van der Waals surface area contributed by atoms with Crippen LogP contribution in [-0.4, -0.2) is 37.0 Å². The molecule has 3 aromatic carbocycles. The van der Waals surface area contributed by atoms with E-state index in [1.54, 1.807) is 67.6 Å². The van der Waals surface area contributed by atoms with Crippen molar-refractivity contribution in [3.8, 4) is 22.8 Å². The minimum atomic E-state index is -0.874. The first-order chi connectivity index (χ1) is 22.5. The lowest BCUT2D eigenvalue weighted by Gasteiger charge is -2.26. The van der Waals surface area contributed by atoms with Crippen LogP contribution in [0.25, 0.3) is 23.1 Å². The van der Waals surface area contributed by atoms with E-state index in [9.17, 15) is 14.4 Å². The molecule has 0 saturated heterocycles. The Morgan fingerprint density at radius 3 is 2.57 bits per heavy atom. The maximum atomic E-state index is 14.2. The number of carbonyl (C=O) groups excluding carboxylic acids is 2. The maximum absolute atomic E-state index is 14.2. The molecular weight excluding hydrogens is 608 g/mol. The fourth-order valence-corrected chi connectivity index (χ4v) is 6.51. The molecule has 0 fully saturated rings. The van der Waals surface area contributed by atoms with Gasteiger partial charge in [-0.15, -0.1) is 0 Å². The second kappa shape index (κ2) is 12.0. The molecule has 7 rings (SSSR count). The van der Waals surface area contributed by atoms with Gasteiger partial charge in [0.25, 0.3) is 5.56 Å².